The second-order valence-corrected chi connectivity index (χ2v) is 8.38. The summed E-state index contributed by atoms with van der Waals surface area (Å²) in [5.74, 6) is -0.365. The number of rotatable bonds is 9. The minimum Gasteiger partial charge on any atom is -0.352 e. The van der Waals surface area contributed by atoms with Crippen molar-refractivity contribution in [1.29, 1.82) is 0 Å². The van der Waals surface area contributed by atoms with Crippen molar-refractivity contribution in [3.8, 4) is 0 Å². The number of nitrogens with one attached hydrogen (secondary N) is 1. The molecular formula is C20H25ClN2O3S. The van der Waals surface area contributed by atoms with E-state index in [1.54, 1.807) is 31.2 Å². The number of amides is 1. The lowest BCUT2D eigenvalue weighted by Crippen LogP contribution is -2.31. The summed E-state index contributed by atoms with van der Waals surface area (Å²) in [5.41, 5.74) is 0.735. The van der Waals surface area contributed by atoms with Crippen LogP contribution in [0.2, 0.25) is 5.02 Å². The Bertz CT molecular complexity index is 870. The van der Waals surface area contributed by atoms with Gasteiger partial charge in [0.05, 0.1) is 21.2 Å². The van der Waals surface area contributed by atoms with Crippen LogP contribution in [0.3, 0.4) is 0 Å². The summed E-state index contributed by atoms with van der Waals surface area (Å²) >= 11 is 6.14. The van der Waals surface area contributed by atoms with Crippen LogP contribution in [0.5, 0.6) is 0 Å². The Labute approximate surface area is 166 Å². The lowest BCUT2D eigenvalue weighted by atomic mass is 10.2. The molecule has 0 aromatic heterocycles. The Hall–Kier alpha value is -2.05. The van der Waals surface area contributed by atoms with Gasteiger partial charge in [0.1, 0.15) is 0 Å². The van der Waals surface area contributed by atoms with Crippen LogP contribution in [-0.2, 0) is 10.0 Å². The van der Waals surface area contributed by atoms with E-state index in [0.29, 0.717) is 12.2 Å². The molecule has 0 radical (unpaired) electrons. The van der Waals surface area contributed by atoms with E-state index in [-0.39, 0.29) is 27.9 Å². The molecule has 0 aliphatic carbocycles. The molecule has 0 atom stereocenters. The van der Waals surface area contributed by atoms with E-state index in [4.69, 9.17) is 11.6 Å². The predicted octanol–water partition coefficient (Wildman–Crippen LogP) is 4.48. The fraction of sp³-hybridized carbons (Fsp3) is 0.350. The third kappa shape index (κ3) is 5.23. The van der Waals surface area contributed by atoms with Crippen molar-refractivity contribution in [2.75, 3.05) is 17.4 Å². The summed E-state index contributed by atoms with van der Waals surface area (Å²) in [6.07, 6.45) is 2.94. The van der Waals surface area contributed by atoms with Gasteiger partial charge in [0.25, 0.3) is 15.9 Å². The minimum atomic E-state index is -3.81. The Morgan fingerprint density at radius 3 is 2.41 bits per heavy atom. The average Bonchev–Trinajstić information content (AvgIpc) is 2.66. The van der Waals surface area contributed by atoms with E-state index in [2.05, 4.69) is 12.2 Å². The van der Waals surface area contributed by atoms with Gasteiger partial charge in [-0.15, -0.1) is 0 Å². The lowest BCUT2D eigenvalue weighted by Gasteiger charge is -2.23. The summed E-state index contributed by atoms with van der Waals surface area (Å²) in [7, 11) is -3.81. The van der Waals surface area contributed by atoms with Crippen LogP contribution in [0.4, 0.5) is 5.69 Å². The third-order valence-electron chi connectivity index (χ3n) is 4.17. The van der Waals surface area contributed by atoms with Crippen LogP contribution in [0.15, 0.2) is 53.4 Å². The zero-order valence-electron chi connectivity index (χ0n) is 15.6. The number of halogens is 1. The van der Waals surface area contributed by atoms with Crippen LogP contribution in [0.25, 0.3) is 0 Å². The largest absolute Gasteiger partial charge is 0.352 e. The maximum absolute atomic E-state index is 13.1. The SMILES string of the molecule is CCCCCNC(=O)c1cc(S(=O)(=O)N(CC)c2ccccc2)ccc1Cl. The molecule has 2 aromatic rings. The van der Waals surface area contributed by atoms with E-state index in [9.17, 15) is 13.2 Å². The van der Waals surface area contributed by atoms with Gasteiger partial charge in [0.2, 0.25) is 0 Å². The van der Waals surface area contributed by atoms with Crippen molar-refractivity contribution in [3.05, 3.63) is 59.1 Å². The molecule has 0 unspecified atom stereocenters. The number of hydrogen-bond donors (Lipinski definition) is 1. The summed E-state index contributed by atoms with van der Waals surface area (Å²) in [5, 5.41) is 3.02. The highest BCUT2D eigenvalue weighted by molar-refractivity contribution is 7.92. The summed E-state index contributed by atoms with van der Waals surface area (Å²) in [6, 6.07) is 13.1. The quantitative estimate of drug-likeness (QED) is 0.622. The molecular weight excluding hydrogens is 384 g/mol. The molecule has 0 fully saturated rings. The van der Waals surface area contributed by atoms with Gasteiger partial charge in [-0.3, -0.25) is 9.10 Å². The normalized spacial score (nSPS) is 11.2. The first kappa shape index (κ1) is 21.3. The molecule has 0 spiro atoms. The first-order valence-corrected chi connectivity index (χ1v) is 10.9. The predicted molar refractivity (Wildman–Crippen MR) is 110 cm³/mol. The standard InChI is InChI=1S/C20H25ClN2O3S/c1-3-5-9-14-22-20(24)18-15-17(12-13-19(18)21)27(25,26)23(4-2)16-10-7-6-8-11-16/h6-8,10-13,15H,3-5,9,14H2,1-2H3,(H,22,24). The molecule has 0 aliphatic heterocycles. The number of anilines is 1. The Kier molecular flexibility index (Phi) is 7.68. The number of unbranched alkanes of at least 4 members (excludes halogenated alkanes) is 2. The molecule has 0 bridgehead atoms. The second kappa shape index (κ2) is 9.76. The third-order valence-corrected chi connectivity index (χ3v) is 6.40. The van der Waals surface area contributed by atoms with E-state index in [0.717, 1.165) is 19.3 Å². The first-order chi connectivity index (χ1) is 12.9. The van der Waals surface area contributed by atoms with Crippen molar-refractivity contribution in [2.24, 2.45) is 0 Å². The van der Waals surface area contributed by atoms with Crippen LogP contribution >= 0.6 is 11.6 Å². The van der Waals surface area contributed by atoms with Gasteiger partial charge in [-0.25, -0.2) is 8.42 Å². The molecule has 5 nitrogen and oxygen atoms in total. The smallest absolute Gasteiger partial charge is 0.264 e. The topological polar surface area (TPSA) is 66.5 Å². The fourth-order valence-electron chi connectivity index (χ4n) is 2.72. The summed E-state index contributed by atoms with van der Waals surface area (Å²) in [6.45, 7) is 4.65. The molecule has 27 heavy (non-hydrogen) atoms. The number of nitrogens with zero attached hydrogens (tertiary/aromatic N) is 1. The first-order valence-electron chi connectivity index (χ1n) is 9.07. The fourth-order valence-corrected chi connectivity index (χ4v) is 4.43. The van der Waals surface area contributed by atoms with Gasteiger partial charge in [0.15, 0.2) is 0 Å². The monoisotopic (exact) mass is 408 g/mol. The van der Waals surface area contributed by atoms with Gasteiger partial charge in [-0.1, -0.05) is 49.6 Å². The Morgan fingerprint density at radius 1 is 1.07 bits per heavy atom. The number of para-hydroxylation sites is 1. The van der Waals surface area contributed by atoms with Crippen molar-refractivity contribution in [1.82, 2.24) is 5.32 Å². The van der Waals surface area contributed by atoms with Gasteiger partial charge >= 0.3 is 0 Å². The Morgan fingerprint density at radius 2 is 1.78 bits per heavy atom. The highest BCUT2D eigenvalue weighted by Crippen LogP contribution is 2.26. The minimum absolute atomic E-state index is 0.0383. The van der Waals surface area contributed by atoms with Gasteiger partial charge in [-0.05, 0) is 43.7 Å². The number of hydrogen-bond acceptors (Lipinski definition) is 3. The number of carbonyl (C=O) groups is 1. The highest BCUT2D eigenvalue weighted by atomic mass is 35.5. The molecule has 2 rings (SSSR count). The average molecular weight is 409 g/mol. The number of carbonyl (C=O) groups excluding carboxylic acids is 1. The van der Waals surface area contributed by atoms with E-state index in [1.165, 1.54) is 22.5 Å². The second-order valence-electron chi connectivity index (χ2n) is 6.11. The molecule has 146 valence electrons. The van der Waals surface area contributed by atoms with E-state index < -0.39 is 10.0 Å². The van der Waals surface area contributed by atoms with E-state index in [1.807, 2.05) is 6.07 Å². The molecule has 0 saturated carbocycles. The molecule has 0 saturated heterocycles. The zero-order valence-corrected chi connectivity index (χ0v) is 17.2. The van der Waals surface area contributed by atoms with Gasteiger partial charge in [-0.2, -0.15) is 0 Å². The highest BCUT2D eigenvalue weighted by Gasteiger charge is 2.25. The maximum atomic E-state index is 13.1. The van der Waals surface area contributed by atoms with Gasteiger partial charge in [0, 0.05) is 13.1 Å². The lowest BCUT2D eigenvalue weighted by molar-refractivity contribution is 0.0953. The zero-order chi connectivity index (χ0) is 19.9. The maximum Gasteiger partial charge on any atom is 0.264 e. The van der Waals surface area contributed by atoms with Crippen LogP contribution < -0.4 is 9.62 Å². The van der Waals surface area contributed by atoms with Crippen LogP contribution in [0, 0.1) is 0 Å². The molecule has 0 aliphatic rings. The molecule has 7 heteroatoms. The van der Waals surface area contributed by atoms with Gasteiger partial charge < -0.3 is 5.32 Å². The van der Waals surface area contributed by atoms with Crippen molar-refractivity contribution < 1.29 is 13.2 Å². The number of benzene rings is 2. The molecule has 0 heterocycles. The molecule has 2 aromatic carbocycles. The number of sulfonamides is 1. The molecule has 1 amide bonds. The summed E-state index contributed by atoms with van der Waals surface area (Å²) < 4.78 is 27.5. The van der Waals surface area contributed by atoms with E-state index >= 15 is 0 Å². The van der Waals surface area contributed by atoms with Crippen LogP contribution in [-0.4, -0.2) is 27.4 Å². The van der Waals surface area contributed by atoms with Crippen LogP contribution in [0.1, 0.15) is 43.5 Å². The van der Waals surface area contributed by atoms with Crippen molar-refractivity contribution >= 4 is 33.2 Å². The Balaban J connectivity index is 2.31. The van der Waals surface area contributed by atoms with Crippen molar-refractivity contribution in [2.45, 2.75) is 38.0 Å². The summed E-state index contributed by atoms with van der Waals surface area (Å²) in [4.78, 5) is 12.5. The molecule has 1 N–H and O–H groups in total. The van der Waals surface area contributed by atoms with Crippen molar-refractivity contribution in [3.63, 3.8) is 0 Å².